The van der Waals surface area contributed by atoms with Crippen molar-refractivity contribution in [2.45, 2.75) is 32.6 Å². The number of aromatic nitrogens is 4. The number of rotatable bonds is 2. The van der Waals surface area contributed by atoms with Crippen LogP contribution in [-0.4, -0.2) is 43.5 Å². The Morgan fingerprint density at radius 1 is 1.27 bits per heavy atom. The Balaban J connectivity index is 1.64. The van der Waals surface area contributed by atoms with Crippen molar-refractivity contribution >= 4 is 11.7 Å². The molecule has 0 aliphatic carbocycles. The van der Waals surface area contributed by atoms with E-state index < -0.39 is 5.82 Å². The lowest BCUT2D eigenvalue weighted by Crippen LogP contribution is -2.40. The second-order valence-corrected chi connectivity index (χ2v) is 6.87. The lowest BCUT2D eigenvalue weighted by atomic mass is 9.93. The van der Waals surface area contributed by atoms with Crippen LogP contribution in [0.25, 0.3) is 5.78 Å². The van der Waals surface area contributed by atoms with Gasteiger partial charge in [0.1, 0.15) is 12.1 Å². The third kappa shape index (κ3) is 2.94. The van der Waals surface area contributed by atoms with Crippen molar-refractivity contribution in [2.24, 2.45) is 0 Å². The monoisotopic (exact) mass is 353 g/mol. The minimum Gasteiger partial charge on any atom is -0.338 e. The Bertz CT molecular complexity index is 983. The molecule has 134 valence electrons. The molecule has 26 heavy (non-hydrogen) atoms. The minimum atomic E-state index is -0.471. The summed E-state index contributed by atoms with van der Waals surface area (Å²) in [5.41, 5.74) is 2.88. The molecule has 0 spiro atoms. The minimum absolute atomic E-state index is 0.117. The molecule has 0 saturated carbocycles. The van der Waals surface area contributed by atoms with Gasteiger partial charge in [0, 0.05) is 24.7 Å². The van der Waals surface area contributed by atoms with Crippen LogP contribution >= 0.6 is 0 Å². The van der Waals surface area contributed by atoms with Crippen LogP contribution in [0.15, 0.2) is 30.6 Å². The number of fused-ring (bicyclic) bond motifs is 1. The molecule has 1 fully saturated rings. The normalized spacial score (nSPS) is 17.7. The Morgan fingerprint density at radius 3 is 2.96 bits per heavy atom. The van der Waals surface area contributed by atoms with Gasteiger partial charge in [0.25, 0.3) is 11.7 Å². The highest BCUT2D eigenvalue weighted by Crippen LogP contribution is 2.28. The third-order valence-corrected chi connectivity index (χ3v) is 4.89. The second kappa shape index (κ2) is 6.48. The molecule has 0 radical (unpaired) electrons. The van der Waals surface area contributed by atoms with Crippen LogP contribution in [0.2, 0.25) is 0 Å². The SMILES string of the molecule is Cc1ccc(F)c(C(=O)N2CCCC(c3cc(C)nc4ncnn34)C2)c1. The predicted octanol–water partition coefficient (Wildman–Crippen LogP) is 2.90. The number of hydrogen-bond acceptors (Lipinski definition) is 4. The average Bonchev–Trinajstić information content (AvgIpc) is 3.11. The summed E-state index contributed by atoms with van der Waals surface area (Å²) >= 11 is 0. The first-order valence-electron chi connectivity index (χ1n) is 8.75. The number of piperidine rings is 1. The highest BCUT2D eigenvalue weighted by Gasteiger charge is 2.28. The number of hydrogen-bond donors (Lipinski definition) is 0. The van der Waals surface area contributed by atoms with Crippen molar-refractivity contribution in [3.63, 3.8) is 0 Å². The molecule has 3 aromatic rings. The van der Waals surface area contributed by atoms with Crippen molar-refractivity contribution in [2.75, 3.05) is 13.1 Å². The number of halogens is 1. The first-order valence-corrected chi connectivity index (χ1v) is 8.75. The van der Waals surface area contributed by atoms with Gasteiger partial charge in [0.15, 0.2) is 0 Å². The van der Waals surface area contributed by atoms with E-state index in [9.17, 15) is 9.18 Å². The maximum atomic E-state index is 14.1. The van der Waals surface area contributed by atoms with E-state index in [2.05, 4.69) is 15.1 Å². The van der Waals surface area contributed by atoms with Crippen LogP contribution in [0, 0.1) is 19.7 Å². The Labute approximate surface area is 150 Å². The van der Waals surface area contributed by atoms with Crippen molar-refractivity contribution in [3.05, 3.63) is 58.9 Å². The van der Waals surface area contributed by atoms with Gasteiger partial charge in [-0.05, 0) is 44.9 Å². The number of amides is 1. The van der Waals surface area contributed by atoms with Gasteiger partial charge in [-0.1, -0.05) is 11.6 Å². The van der Waals surface area contributed by atoms with E-state index in [0.29, 0.717) is 18.9 Å². The van der Waals surface area contributed by atoms with Crippen LogP contribution in [0.3, 0.4) is 0 Å². The molecule has 1 aliphatic rings. The van der Waals surface area contributed by atoms with E-state index in [1.807, 2.05) is 19.9 Å². The summed E-state index contributed by atoms with van der Waals surface area (Å²) in [5, 5.41) is 4.27. The zero-order valence-corrected chi connectivity index (χ0v) is 14.8. The zero-order valence-electron chi connectivity index (χ0n) is 14.8. The quantitative estimate of drug-likeness (QED) is 0.711. The van der Waals surface area contributed by atoms with E-state index in [0.717, 1.165) is 29.8 Å². The van der Waals surface area contributed by atoms with E-state index >= 15 is 0 Å². The van der Waals surface area contributed by atoms with Crippen molar-refractivity contribution in [1.82, 2.24) is 24.5 Å². The topological polar surface area (TPSA) is 63.4 Å². The van der Waals surface area contributed by atoms with Crippen molar-refractivity contribution in [3.8, 4) is 0 Å². The van der Waals surface area contributed by atoms with E-state index in [1.54, 1.807) is 21.5 Å². The molecule has 1 saturated heterocycles. The van der Waals surface area contributed by atoms with Gasteiger partial charge < -0.3 is 4.90 Å². The van der Waals surface area contributed by atoms with Gasteiger partial charge in [-0.2, -0.15) is 10.1 Å². The summed E-state index contributed by atoms with van der Waals surface area (Å²) < 4.78 is 15.9. The van der Waals surface area contributed by atoms with Gasteiger partial charge >= 0.3 is 0 Å². The van der Waals surface area contributed by atoms with Gasteiger partial charge in [0.05, 0.1) is 11.3 Å². The van der Waals surface area contributed by atoms with E-state index in [4.69, 9.17) is 0 Å². The molecule has 7 heteroatoms. The molecule has 0 N–H and O–H groups in total. The van der Waals surface area contributed by atoms with Gasteiger partial charge in [0.2, 0.25) is 0 Å². The molecule has 0 bridgehead atoms. The predicted molar refractivity (Wildman–Crippen MR) is 94.5 cm³/mol. The lowest BCUT2D eigenvalue weighted by molar-refractivity contribution is 0.0700. The summed E-state index contributed by atoms with van der Waals surface area (Å²) in [5.74, 6) is -0.0442. The first kappa shape index (κ1) is 16.6. The second-order valence-electron chi connectivity index (χ2n) is 6.87. The molecule has 1 atom stereocenters. The molecule has 2 aromatic heterocycles. The summed E-state index contributed by atoms with van der Waals surface area (Å²) in [6, 6.07) is 6.64. The van der Waals surface area contributed by atoms with Gasteiger partial charge in [-0.3, -0.25) is 4.79 Å². The van der Waals surface area contributed by atoms with Crippen LogP contribution in [-0.2, 0) is 0 Å². The molecule has 1 amide bonds. The summed E-state index contributed by atoms with van der Waals surface area (Å²) in [4.78, 5) is 23.2. The van der Waals surface area contributed by atoms with Gasteiger partial charge in [-0.15, -0.1) is 0 Å². The number of likely N-dealkylation sites (tertiary alicyclic amines) is 1. The largest absolute Gasteiger partial charge is 0.338 e. The van der Waals surface area contributed by atoms with Crippen LogP contribution < -0.4 is 0 Å². The zero-order chi connectivity index (χ0) is 18.3. The van der Waals surface area contributed by atoms with E-state index in [1.165, 1.54) is 12.4 Å². The Hall–Kier alpha value is -2.83. The fourth-order valence-corrected chi connectivity index (χ4v) is 3.63. The molecule has 3 heterocycles. The Kier molecular flexibility index (Phi) is 4.14. The third-order valence-electron chi connectivity index (χ3n) is 4.89. The number of nitrogens with zero attached hydrogens (tertiary/aromatic N) is 5. The molecule has 6 nitrogen and oxygen atoms in total. The fourth-order valence-electron chi connectivity index (χ4n) is 3.63. The summed E-state index contributed by atoms with van der Waals surface area (Å²) in [7, 11) is 0. The highest BCUT2D eigenvalue weighted by atomic mass is 19.1. The smallest absolute Gasteiger partial charge is 0.256 e. The van der Waals surface area contributed by atoms with Crippen molar-refractivity contribution < 1.29 is 9.18 Å². The molecular weight excluding hydrogens is 333 g/mol. The number of benzene rings is 1. The maximum absolute atomic E-state index is 14.1. The highest BCUT2D eigenvalue weighted by molar-refractivity contribution is 5.94. The number of carbonyl (C=O) groups is 1. The summed E-state index contributed by atoms with van der Waals surface area (Å²) in [6.07, 6.45) is 3.29. The Morgan fingerprint density at radius 2 is 2.12 bits per heavy atom. The van der Waals surface area contributed by atoms with E-state index in [-0.39, 0.29) is 17.4 Å². The molecule has 1 unspecified atom stereocenters. The number of aryl methyl sites for hydroxylation is 2. The van der Waals surface area contributed by atoms with Crippen molar-refractivity contribution in [1.29, 1.82) is 0 Å². The molecule has 1 aliphatic heterocycles. The number of carbonyl (C=O) groups excluding carboxylic acids is 1. The van der Waals surface area contributed by atoms with Crippen LogP contribution in [0.1, 0.15) is 46.1 Å². The van der Waals surface area contributed by atoms with Gasteiger partial charge in [-0.25, -0.2) is 13.9 Å². The van der Waals surface area contributed by atoms with Crippen LogP contribution in [0.5, 0.6) is 0 Å². The van der Waals surface area contributed by atoms with Crippen LogP contribution in [0.4, 0.5) is 4.39 Å². The average molecular weight is 353 g/mol. The summed E-state index contributed by atoms with van der Waals surface area (Å²) in [6.45, 7) is 4.94. The first-order chi connectivity index (χ1) is 12.5. The molecular formula is C19H20FN5O. The maximum Gasteiger partial charge on any atom is 0.256 e. The standard InChI is InChI=1S/C19H20FN5O/c1-12-5-6-16(20)15(8-12)18(26)24-7-3-4-14(10-24)17-9-13(2)23-19-21-11-22-25(17)19/h5-6,8-9,11,14H,3-4,7,10H2,1-2H3. The molecule has 1 aromatic carbocycles. The fraction of sp³-hybridized carbons (Fsp3) is 0.368. The molecule has 4 rings (SSSR count). The lowest BCUT2D eigenvalue weighted by Gasteiger charge is -2.33.